The SMILES string of the molecule is CCCCCCCCCCCCCCCCCCCCCCCC(=O)O[C@H](COC(=O)CCCCCCCCCCCCCCCCCCCCCC)COP(=O)(O)OC[C@@H](O)COP(=O)(O)OC[C@@H](COC(=O)CCCCCCCCC(C)C)OC(=O)CCCCCCCCCCCCC(C)CC. The molecule has 618 valence electrons. The summed E-state index contributed by atoms with van der Waals surface area (Å²) >= 11 is 0. The van der Waals surface area contributed by atoms with Gasteiger partial charge in [0.15, 0.2) is 12.2 Å². The van der Waals surface area contributed by atoms with E-state index < -0.39 is 97.5 Å². The average molecular weight is 1520 g/mol. The number of unbranched alkanes of at least 4 members (excludes halogenated alkanes) is 53. The number of rotatable bonds is 84. The Labute approximate surface area is 638 Å². The van der Waals surface area contributed by atoms with Crippen molar-refractivity contribution >= 4 is 39.5 Å². The van der Waals surface area contributed by atoms with E-state index in [9.17, 15) is 43.2 Å². The fourth-order valence-corrected chi connectivity index (χ4v) is 14.8. The van der Waals surface area contributed by atoms with Gasteiger partial charge in [0.2, 0.25) is 0 Å². The first-order valence-electron chi connectivity index (χ1n) is 44.0. The lowest BCUT2D eigenvalue weighted by Gasteiger charge is -2.21. The number of phosphoric ester groups is 2. The summed E-state index contributed by atoms with van der Waals surface area (Å²) in [6, 6.07) is 0. The molecule has 0 spiro atoms. The third-order valence-electron chi connectivity index (χ3n) is 20.3. The quantitative estimate of drug-likeness (QED) is 0.0222. The van der Waals surface area contributed by atoms with Crippen LogP contribution in [0.15, 0.2) is 0 Å². The van der Waals surface area contributed by atoms with Crippen LogP contribution in [0.3, 0.4) is 0 Å². The first-order chi connectivity index (χ1) is 50.4. The second-order valence-electron chi connectivity index (χ2n) is 31.3. The van der Waals surface area contributed by atoms with E-state index in [1.807, 2.05) is 0 Å². The zero-order valence-electron chi connectivity index (χ0n) is 68.3. The lowest BCUT2D eigenvalue weighted by molar-refractivity contribution is -0.161. The predicted octanol–water partition coefficient (Wildman–Crippen LogP) is 25.8. The minimum absolute atomic E-state index is 0.106. The first kappa shape index (κ1) is 102. The van der Waals surface area contributed by atoms with Gasteiger partial charge >= 0.3 is 39.5 Å². The van der Waals surface area contributed by atoms with Gasteiger partial charge in [0.1, 0.15) is 19.3 Å². The molecule has 0 rings (SSSR count). The molecule has 19 heteroatoms. The second kappa shape index (κ2) is 76.4. The van der Waals surface area contributed by atoms with Crippen molar-refractivity contribution in [1.82, 2.24) is 0 Å². The molecule has 3 N–H and O–H groups in total. The molecule has 0 aromatic carbocycles. The second-order valence-corrected chi connectivity index (χ2v) is 34.2. The molecule has 0 saturated heterocycles. The van der Waals surface area contributed by atoms with E-state index in [0.29, 0.717) is 31.6 Å². The van der Waals surface area contributed by atoms with Crippen LogP contribution in [0.5, 0.6) is 0 Å². The molecular weight excluding hydrogens is 1350 g/mol. The maximum atomic E-state index is 13.1. The highest BCUT2D eigenvalue weighted by Gasteiger charge is 2.30. The Hall–Kier alpha value is -1.94. The molecule has 0 aliphatic rings. The highest BCUT2D eigenvalue weighted by Crippen LogP contribution is 2.45. The average Bonchev–Trinajstić information content (AvgIpc) is 0.920. The molecule has 104 heavy (non-hydrogen) atoms. The molecule has 0 heterocycles. The molecule has 0 fully saturated rings. The smallest absolute Gasteiger partial charge is 0.462 e. The summed E-state index contributed by atoms with van der Waals surface area (Å²) < 4.78 is 68.8. The molecule has 17 nitrogen and oxygen atoms in total. The van der Waals surface area contributed by atoms with Crippen LogP contribution in [-0.2, 0) is 65.4 Å². The summed E-state index contributed by atoms with van der Waals surface area (Å²) in [7, 11) is -9.92. The van der Waals surface area contributed by atoms with Gasteiger partial charge in [-0.05, 0) is 37.5 Å². The number of esters is 4. The minimum atomic E-state index is -4.97. The van der Waals surface area contributed by atoms with Gasteiger partial charge in [-0.2, -0.15) is 0 Å². The van der Waals surface area contributed by atoms with E-state index in [2.05, 4.69) is 41.5 Å². The van der Waals surface area contributed by atoms with Crippen LogP contribution in [0, 0.1) is 11.8 Å². The van der Waals surface area contributed by atoms with Gasteiger partial charge in [0.25, 0.3) is 0 Å². The van der Waals surface area contributed by atoms with Crippen LogP contribution in [0.4, 0.5) is 0 Å². The summed E-state index contributed by atoms with van der Waals surface area (Å²) in [5, 5.41) is 10.7. The standard InChI is InChI=1S/C85H166O17P2/c1-7-10-12-14-16-18-20-22-24-26-28-30-32-34-36-38-40-45-49-57-63-69-84(89)101-80(73-95-82(87)67-61-55-48-44-39-37-35-33-31-29-27-25-23-21-19-17-15-13-11-8-2)75-99-103(91,92)97-71-79(86)72-98-104(93,94)100-76-81(74-96-83(88)68-62-56-52-51-53-59-65-77(4)5)102-85(90)70-64-58-50-46-42-41-43-47-54-60-66-78(6)9-3/h77-81,86H,7-76H2,1-6H3,(H,91,92)(H,93,94)/t78?,79-,80-,81-/m1/s1. The highest BCUT2D eigenvalue weighted by molar-refractivity contribution is 7.47. The van der Waals surface area contributed by atoms with E-state index in [0.717, 1.165) is 102 Å². The predicted molar refractivity (Wildman–Crippen MR) is 428 cm³/mol. The Morgan fingerprint density at radius 2 is 0.490 bits per heavy atom. The third-order valence-corrected chi connectivity index (χ3v) is 22.2. The van der Waals surface area contributed by atoms with Gasteiger partial charge in [0, 0.05) is 25.7 Å². The number of aliphatic hydroxyl groups excluding tert-OH is 1. The molecule has 0 aromatic rings. The van der Waals surface area contributed by atoms with Crippen LogP contribution in [-0.4, -0.2) is 96.7 Å². The van der Waals surface area contributed by atoms with E-state index in [-0.39, 0.29) is 25.7 Å². The summed E-state index contributed by atoms with van der Waals surface area (Å²) in [5.74, 6) is -0.626. The summed E-state index contributed by atoms with van der Waals surface area (Å²) in [5.41, 5.74) is 0. The Bertz CT molecular complexity index is 2000. The monoisotopic (exact) mass is 1520 g/mol. The molecule has 0 saturated carbocycles. The van der Waals surface area contributed by atoms with Crippen molar-refractivity contribution in [3.8, 4) is 0 Å². The van der Waals surface area contributed by atoms with Crippen molar-refractivity contribution in [3.63, 3.8) is 0 Å². The van der Waals surface area contributed by atoms with Crippen LogP contribution in [0.1, 0.15) is 452 Å². The fraction of sp³-hybridized carbons (Fsp3) is 0.953. The summed E-state index contributed by atoms with van der Waals surface area (Å²) in [6.07, 6.45) is 68.3. The van der Waals surface area contributed by atoms with E-state index in [4.69, 9.17) is 37.0 Å². The molecular formula is C85H166O17P2. The van der Waals surface area contributed by atoms with Gasteiger partial charge in [-0.25, -0.2) is 9.13 Å². The molecule has 0 aliphatic heterocycles. The molecule has 0 amide bonds. The number of hydrogen-bond acceptors (Lipinski definition) is 15. The number of hydrogen-bond donors (Lipinski definition) is 3. The lowest BCUT2D eigenvalue weighted by atomic mass is 9.99. The van der Waals surface area contributed by atoms with E-state index in [1.54, 1.807) is 0 Å². The molecule has 0 radical (unpaired) electrons. The maximum Gasteiger partial charge on any atom is 0.472 e. The normalized spacial score (nSPS) is 14.1. The largest absolute Gasteiger partial charge is 0.472 e. The number of phosphoric acid groups is 2. The number of aliphatic hydroxyl groups is 1. The molecule has 3 unspecified atom stereocenters. The Balaban J connectivity index is 5.20. The maximum absolute atomic E-state index is 13.1. The number of ether oxygens (including phenoxy) is 4. The van der Waals surface area contributed by atoms with Crippen molar-refractivity contribution in [3.05, 3.63) is 0 Å². The Morgan fingerprint density at radius 1 is 0.279 bits per heavy atom. The van der Waals surface area contributed by atoms with Crippen molar-refractivity contribution in [2.24, 2.45) is 11.8 Å². The van der Waals surface area contributed by atoms with Crippen LogP contribution in [0.2, 0.25) is 0 Å². The topological polar surface area (TPSA) is 237 Å². The first-order valence-corrected chi connectivity index (χ1v) is 47.0. The number of carbonyl (C=O) groups is 4. The number of carbonyl (C=O) groups excluding carboxylic acids is 4. The Morgan fingerprint density at radius 3 is 0.731 bits per heavy atom. The lowest BCUT2D eigenvalue weighted by Crippen LogP contribution is -2.30. The zero-order valence-corrected chi connectivity index (χ0v) is 70.1. The van der Waals surface area contributed by atoms with Crippen molar-refractivity contribution in [2.75, 3.05) is 39.6 Å². The van der Waals surface area contributed by atoms with E-state index in [1.165, 1.54) is 263 Å². The van der Waals surface area contributed by atoms with Crippen molar-refractivity contribution in [2.45, 2.75) is 471 Å². The van der Waals surface area contributed by atoms with Crippen LogP contribution < -0.4 is 0 Å². The highest BCUT2D eigenvalue weighted by atomic mass is 31.2. The van der Waals surface area contributed by atoms with Crippen molar-refractivity contribution < 1.29 is 80.2 Å². The summed E-state index contributed by atoms with van der Waals surface area (Å²) in [4.78, 5) is 73.1. The zero-order chi connectivity index (χ0) is 76.4. The fourth-order valence-electron chi connectivity index (χ4n) is 13.2. The summed E-state index contributed by atoms with van der Waals surface area (Å²) in [6.45, 7) is 9.59. The molecule has 0 aromatic heterocycles. The third kappa shape index (κ3) is 76.8. The van der Waals surface area contributed by atoms with Gasteiger partial charge in [-0.1, -0.05) is 401 Å². The Kier molecular flexibility index (Phi) is 75.0. The molecule has 6 atom stereocenters. The van der Waals surface area contributed by atoms with Gasteiger partial charge in [-0.15, -0.1) is 0 Å². The van der Waals surface area contributed by atoms with Crippen LogP contribution >= 0.6 is 15.6 Å². The minimum Gasteiger partial charge on any atom is -0.462 e. The van der Waals surface area contributed by atoms with Gasteiger partial charge < -0.3 is 33.8 Å². The van der Waals surface area contributed by atoms with Crippen molar-refractivity contribution in [1.29, 1.82) is 0 Å². The molecule has 0 aliphatic carbocycles. The molecule has 0 bridgehead atoms. The van der Waals surface area contributed by atoms with Crippen LogP contribution in [0.25, 0.3) is 0 Å². The van der Waals surface area contributed by atoms with Gasteiger partial charge in [0.05, 0.1) is 26.4 Å². The van der Waals surface area contributed by atoms with E-state index >= 15 is 0 Å². The van der Waals surface area contributed by atoms with Gasteiger partial charge in [-0.3, -0.25) is 37.3 Å².